The first-order valence-corrected chi connectivity index (χ1v) is 8.70. The molecule has 2 heterocycles. The van der Waals surface area contributed by atoms with Gasteiger partial charge in [0, 0.05) is 23.1 Å². The number of nitrogens with zero attached hydrogens (tertiary/aromatic N) is 3. The van der Waals surface area contributed by atoms with Gasteiger partial charge < -0.3 is 4.90 Å². The molecule has 1 fully saturated rings. The minimum atomic E-state index is -0.391. The molecule has 6 nitrogen and oxygen atoms in total. The standard InChI is InChI=1S/C18H15BrN4O2/c19-13-5-7-14(8-6-13)22-10-12(9-17(22)24)18(25)21-23-11-20-15-3-1-2-4-16(15)23/h1-8,11-12H,9-10H2,(H,21,25). The summed E-state index contributed by atoms with van der Waals surface area (Å²) in [5.74, 6) is -0.619. The fourth-order valence-electron chi connectivity index (χ4n) is 3.01. The number of carbonyl (C=O) groups is 2. The van der Waals surface area contributed by atoms with Crippen molar-refractivity contribution in [3.63, 3.8) is 0 Å². The van der Waals surface area contributed by atoms with Gasteiger partial charge in [-0.15, -0.1) is 0 Å². The molecular weight excluding hydrogens is 384 g/mol. The van der Waals surface area contributed by atoms with Crippen LogP contribution in [-0.2, 0) is 9.59 Å². The van der Waals surface area contributed by atoms with Crippen LogP contribution in [-0.4, -0.2) is 28.0 Å². The number of anilines is 1. The summed E-state index contributed by atoms with van der Waals surface area (Å²) < 4.78 is 2.55. The number of benzene rings is 2. The molecule has 1 saturated heterocycles. The Morgan fingerprint density at radius 2 is 1.92 bits per heavy atom. The lowest BCUT2D eigenvalue weighted by molar-refractivity contribution is -0.123. The number of hydrogen-bond acceptors (Lipinski definition) is 3. The molecule has 1 aliphatic rings. The Bertz CT molecular complexity index is 951. The van der Waals surface area contributed by atoms with E-state index in [1.54, 1.807) is 15.9 Å². The predicted molar refractivity (Wildman–Crippen MR) is 98.7 cm³/mol. The molecule has 2 aromatic carbocycles. The van der Waals surface area contributed by atoms with Crippen molar-refractivity contribution in [2.45, 2.75) is 6.42 Å². The maximum Gasteiger partial charge on any atom is 0.244 e. The number of hydrogen-bond donors (Lipinski definition) is 1. The van der Waals surface area contributed by atoms with E-state index in [1.807, 2.05) is 48.5 Å². The average Bonchev–Trinajstić information content (AvgIpc) is 3.20. The van der Waals surface area contributed by atoms with Gasteiger partial charge in [-0.25, -0.2) is 9.66 Å². The van der Waals surface area contributed by atoms with E-state index in [4.69, 9.17) is 0 Å². The van der Waals surface area contributed by atoms with Crippen LogP contribution in [0, 0.1) is 5.92 Å². The van der Waals surface area contributed by atoms with Crippen molar-refractivity contribution < 1.29 is 9.59 Å². The quantitative estimate of drug-likeness (QED) is 0.737. The molecule has 1 atom stereocenters. The number of imidazole rings is 1. The average molecular weight is 399 g/mol. The van der Waals surface area contributed by atoms with Gasteiger partial charge in [0.2, 0.25) is 11.8 Å². The van der Waals surface area contributed by atoms with Crippen LogP contribution < -0.4 is 10.3 Å². The minimum absolute atomic E-state index is 0.0436. The summed E-state index contributed by atoms with van der Waals surface area (Å²) in [7, 11) is 0. The van der Waals surface area contributed by atoms with Crippen molar-refractivity contribution in [2.75, 3.05) is 16.9 Å². The Morgan fingerprint density at radius 1 is 1.16 bits per heavy atom. The van der Waals surface area contributed by atoms with Crippen molar-refractivity contribution in [1.82, 2.24) is 9.66 Å². The van der Waals surface area contributed by atoms with E-state index in [1.165, 1.54) is 0 Å². The largest absolute Gasteiger partial charge is 0.312 e. The number of para-hydroxylation sites is 2. The van der Waals surface area contributed by atoms with Crippen molar-refractivity contribution in [3.05, 3.63) is 59.3 Å². The first kappa shape index (κ1) is 15.8. The third kappa shape index (κ3) is 3.02. The maximum atomic E-state index is 12.6. The van der Waals surface area contributed by atoms with Crippen LogP contribution in [0.2, 0.25) is 0 Å². The van der Waals surface area contributed by atoms with E-state index in [0.29, 0.717) is 6.54 Å². The molecule has 0 bridgehead atoms. The SMILES string of the molecule is O=C(Nn1cnc2ccccc21)C1CC(=O)N(c2ccc(Br)cc2)C1. The maximum absolute atomic E-state index is 12.6. The summed E-state index contributed by atoms with van der Waals surface area (Å²) in [6.45, 7) is 0.374. The van der Waals surface area contributed by atoms with Gasteiger partial charge in [0.1, 0.15) is 6.33 Å². The van der Waals surface area contributed by atoms with E-state index in [9.17, 15) is 9.59 Å². The van der Waals surface area contributed by atoms with Crippen LogP contribution in [0.25, 0.3) is 11.0 Å². The van der Waals surface area contributed by atoms with Crippen LogP contribution >= 0.6 is 15.9 Å². The molecule has 4 rings (SSSR count). The summed E-state index contributed by atoms with van der Waals surface area (Å²) in [6.07, 6.45) is 1.78. The molecule has 0 spiro atoms. The highest BCUT2D eigenvalue weighted by Gasteiger charge is 2.35. The second-order valence-electron chi connectivity index (χ2n) is 5.96. The van der Waals surface area contributed by atoms with Crippen molar-refractivity contribution in [1.29, 1.82) is 0 Å². The van der Waals surface area contributed by atoms with E-state index < -0.39 is 5.92 Å². The number of carbonyl (C=O) groups excluding carboxylic acids is 2. The summed E-state index contributed by atoms with van der Waals surface area (Å²) in [5.41, 5.74) is 5.27. The van der Waals surface area contributed by atoms with E-state index >= 15 is 0 Å². The molecule has 0 saturated carbocycles. The number of aromatic nitrogens is 2. The number of halogens is 1. The van der Waals surface area contributed by atoms with Crippen molar-refractivity contribution >= 4 is 44.5 Å². The van der Waals surface area contributed by atoms with Crippen LogP contribution in [0.15, 0.2) is 59.3 Å². The fourth-order valence-corrected chi connectivity index (χ4v) is 3.28. The number of rotatable bonds is 3. The van der Waals surface area contributed by atoms with Crippen LogP contribution in [0.4, 0.5) is 5.69 Å². The molecule has 25 heavy (non-hydrogen) atoms. The van der Waals surface area contributed by atoms with E-state index in [0.717, 1.165) is 21.2 Å². The zero-order valence-corrected chi connectivity index (χ0v) is 14.8. The minimum Gasteiger partial charge on any atom is -0.312 e. The predicted octanol–water partition coefficient (Wildman–Crippen LogP) is 2.92. The molecule has 1 aliphatic heterocycles. The monoisotopic (exact) mass is 398 g/mol. The summed E-state index contributed by atoms with van der Waals surface area (Å²) in [5, 5.41) is 0. The van der Waals surface area contributed by atoms with E-state index in [2.05, 4.69) is 26.3 Å². The fraction of sp³-hybridized carbons (Fsp3) is 0.167. The Labute approximate surface area is 152 Å². The number of nitrogens with one attached hydrogen (secondary N) is 1. The molecule has 0 radical (unpaired) electrons. The van der Waals surface area contributed by atoms with Crippen molar-refractivity contribution in [3.8, 4) is 0 Å². The Morgan fingerprint density at radius 3 is 2.72 bits per heavy atom. The summed E-state index contributed by atoms with van der Waals surface area (Å²) in [4.78, 5) is 30.8. The smallest absolute Gasteiger partial charge is 0.244 e. The second-order valence-corrected chi connectivity index (χ2v) is 6.88. The molecule has 1 aromatic heterocycles. The molecule has 1 N–H and O–H groups in total. The molecule has 126 valence electrons. The van der Waals surface area contributed by atoms with Gasteiger partial charge in [0.05, 0.1) is 17.0 Å². The van der Waals surface area contributed by atoms with Gasteiger partial charge >= 0.3 is 0 Å². The van der Waals surface area contributed by atoms with Gasteiger partial charge in [0.15, 0.2) is 0 Å². The van der Waals surface area contributed by atoms with Gasteiger partial charge in [-0.05, 0) is 36.4 Å². The molecule has 2 amide bonds. The van der Waals surface area contributed by atoms with Gasteiger partial charge in [-0.1, -0.05) is 28.1 Å². The van der Waals surface area contributed by atoms with Crippen LogP contribution in [0.1, 0.15) is 6.42 Å². The zero-order valence-electron chi connectivity index (χ0n) is 13.2. The molecule has 3 aromatic rings. The zero-order chi connectivity index (χ0) is 17.4. The number of amides is 2. The summed E-state index contributed by atoms with van der Waals surface area (Å²) in [6, 6.07) is 15.1. The third-order valence-corrected chi connectivity index (χ3v) is 4.85. The number of fused-ring (bicyclic) bond motifs is 1. The highest BCUT2D eigenvalue weighted by atomic mass is 79.9. The van der Waals surface area contributed by atoms with Crippen LogP contribution in [0.3, 0.4) is 0 Å². The Balaban J connectivity index is 1.50. The molecule has 7 heteroatoms. The second kappa shape index (κ2) is 6.33. The van der Waals surface area contributed by atoms with Gasteiger partial charge in [-0.3, -0.25) is 15.0 Å². The first-order chi connectivity index (χ1) is 12.1. The molecule has 0 aliphatic carbocycles. The highest BCUT2D eigenvalue weighted by molar-refractivity contribution is 9.10. The van der Waals surface area contributed by atoms with Crippen LogP contribution in [0.5, 0.6) is 0 Å². The summed E-state index contributed by atoms with van der Waals surface area (Å²) >= 11 is 3.38. The lowest BCUT2D eigenvalue weighted by Gasteiger charge is -2.17. The van der Waals surface area contributed by atoms with Crippen molar-refractivity contribution in [2.24, 2.45) is 5.92 Å². The van der Waals surface area contributed by atoms with Gasteiger partial charge in [-0.2, -0.15) is 0 Å². The van der Waals surface area contributed by atoms with E-state index in [-0.39, 0.29) is 18.2 Å². The molecular formula is C18H15BrN4O2. The lowest BCUT2D eigenvalue weighted by atomic mass is 10.1. The Hall–Kier alpha value is -2.67. The molecule has 1 unspecified atom stereocenters. The Kier molecular flexibility index (Phi) is 4.01. The third-order valence-electron chi connectivity index (χ3n) is 4.32. The first-order valence-electron chi connectivity index (χ1n) is 7.91. The van der Waals surface area contributed by atoms with Gasteiger partial charge in [0.25, 0.3) is 0 Å². The highest BCUT2D eigenvalue weighted by Crippen LogP contribution is 2.26. The lowest BCUT2D eigenvalue weighted by Crippen LogP contribution is -2.31. The normalized spacial score (nSPS) is 17.2. The topological polar surface area (TPSA) is 67.2 Å².